The van der Waals surface area contributed by atoms with Gasteiger partial charge in [0, 0.05) is 0 Å². The van der Waals surface area contributed by atoms with Crippen LogP contribution in [0.1, 0.15) is 71.1 Å². The number of carbonyl (C=O) groups is 1. The number of allylic oxidation sites excluding steroid dienone is 1. The van der Waals surface area contributed by atoms with E-state index in [1.165, 1.54) is 0 Å². The van der Waals surface area contributed by atoms with Crippen LogP contribution >= 0.6 is 0 Å². The minimum absolute atomic E-state index is 0.0184. The van der Waals surface area contributed by atoms with Gasteiger partial charge in [-0.2, -0.15) is 0 Å². The third-order valence-electron chi connectivity index (χ3n) is 5.20. The van der Waals surface area contributed by atoms with Crippen LogP contribution in [0.15, 0.2) is 24.3 Å². The van der Waals surface area contributed by atoms with Crippen LogP contribution in [0.25, 0.3) is 0 Å². The van der Waals surface area contributed by atoms with Crippen molar-refractivity contribution in [3.63, 3.8) is 0 Å². The van der Waals surface area contributed by atoms with Gasteiger partial charge >= 0.3 is 5.97 Å². The van der Waals surface area contributed by atoms with E-state index >= 15 is 0 Å². The van der Waals surface area contributed by atoms with Crippen molar-refractivity contribution in [2.75, 3.05) is 6.61 Å². The summed E-state index contributed by atoms with van der Waals surface area (Å²) in [7, 11) is 0. The molecule has 1 aliphatic carbocycles. The third-order valence-corrected chi connectivity index (χ3v) is 5.20. The molecule has 1 fully saturated rings. The Labute approximate surface area is 146 Å². The highest BCUT2D eigenvalue weighted by molar-refractivity contribution is 5.77. The van der Waals surface area contributed by atoms with E-state index in [9.17, 15) is 15.0 Å². The van der Waals surface area contributed by atoms with E-state index in [0.717, 1.165) is 44.9 Å². The third kappa shape index (κ3) is 6.40. The van der Waals surface area contributed by atoms with E-state index < -0.39 is 17.5 Å². The van der Waals surface area contributed by atoms with Crippen LogP contribution in [-0.2, 0) is 4.79 Å². The van der Waals surface area contributed by atoms with Gasteiger partial charge in [-0.05, 0) is 38.0 Å². The Hall–Kier alpha value is -1.13. The van der Waals surface area contributed by atoms with Gasteiger partial charge in [-0.25, -0.2) is 0 Å². The number of hydrogen-bond donors (Lipinski definition) is 3. The summed E-state index contributed by atoms with van der Waals surface area (Å²) in [5.74, 6) is -0.652. The van der Waals surface area contributed by atoms with Crippen LogP contribution in [-0.4, -0.2) is 34.0 Å². The van der Waals surface area contributed by atoms with Crippen molar-refractivity contribution in [1.82, 2.24) is 0 Å². The lowest BCUT2D eigenvalue weighted by Gasteiger charge is -2.32. The first-order chi connectivity index (χ1) is 11.6. The zero-order valence-electron chi connectivity index (χ0n) is 15.0. The normalized spacial score (nSPS) is 20.0. The van der Waals surface area contributed by atoms with E-state index in [2.05, 4.69) is 6.92 Å². The van der Waals surface area contributed by atoms with E-state index in [4.69, 9.17) is 5.11 Å². The lowest BCUT2D eigenvalue weighted by Crippen LogP contribution is -2.36. The van der Waals surface area contributed by atoms with Crippen LogP contribution in [0.2, 0.25) is 0 Å². The molecule has 0 aromatic carbocycles. The van der Waals surface area contributed by atoms with Gasteiger partial charge in [0.15, 0.2) is 0 Å². The standard InChI is InChI=1S/C20H34O4/c1-2-3-5-12-18(22)13-15-20(19(23)24,14-8-4-9-16-21)17-10-6-7-11-17/h4,9,13,15,17-18,21-22H,2-3,5-8,10-12,14,16H2,1H3,(H,23,24)/b9-4+,15-13-/t18-,20-/m1/s1. The molecule has 1 rings (SSSR count). The molecule has 0 radical (unpaired) electrons. The number of aliphatic hydroxyl groups is 2. The largest absolute Gasteiger partial charge is 0.481 e. The molecule has 0 heterocycles. The van der Waals surface area contributed by atoms with E-state index in [1.54, 1.807) is 18.2 Å². The van der Waals surface area contributed by atoms with Crippen molar-refractivity contribution < 1.29 is 20.1 Å². The van der Waals surface area contributed by atoms with E-state index in [0.29, 0.717) is 19.3 Å². The highest BCUT2D eigenvalue weighted by Gasteiger charge is 2.44. The second-order valence-electron chi connectivity index (χ2n) is 6.94. The minimum Gasteiger partial charge on any atom is -0.481 e. The van der Waals surface area contributed by atoms with Crippen molar-refractivity contribution in [3.8, 4) is 0 Å². The lowest BCUT2D eigenvalue weighted by molar-refractivity contribution is -0.149. The molecule has 4 heteroatoms. The van der Waals surface area contributed by atoms with Gasteiger partial charge in [0.05, 0.1) is 18.1 Å². The van der Waals surface area contributed by atoms with Gasteiger partial charge in [-0.1, -0.05) is 63.3 Å². The van der Waals surface area contributed by atoms with Gasteiger partial charge in [-0.3, -0.25) is 4.79 Å². The molecule has 0 saturated heterocycles. The Kier molecular flexibility index (Phi) is 9.96. The number of hydrogen-bond acceptors (Lipinski definition) is 3. The Morgan fingerprint density at radius 3 is 2.54 bits per heavy atom. The first-order valence-corrected chi connectivity index (χ1v) is 9.43. The number of aliphatic carboxylic acids is 1. The average Bonchev–Trinajstić information content (AvgIpc) is 3.09. The van der Waals surface area contributed by atoms with Crippen molar-refractivity contribution >= 4 is 5.97 Å². The van der Waals surface area contributed by atoms with Crippen LogP contribution in [0.5, 0.6) is 0 Å². The molecule has 3 N–H and O–H groups in total. The molecule has 0 bridgehead atoms. The number of carboxylic acids is 1. The molecular weight excluding hydrogens is 304 g/mol. The summed E-state index contributed by atoms with van der Waals surface area (Å²) >= 11 is 0. The molecule has 24 heavy (non-hydrogen) atoms. The van der Waals surface area contributed by atoms with Crippen molar-refractivity contribution in [1.29, 1.82) is 0 Å². The van der Waals surface area contributed by atoms with Crippen LogP contribution < -0.4 is 0 Å². The predicted octanol–water partition coefficient (Wildman–Crippen LogP) is 4.07. The average molecular weight is 338 g/mol. The molecule has 1 saturated carbocycles. The quantitative estimate of drug-likeness (QED) is 0.370. The molecule has 0 amide bonds. The fraction of sp³-hybridized carbons (Fsp3) is 0.750. The topological polar surface area (TPSA) is 77.8 Å². The first kappa shape index (κ1) is 20.9. The van der Waals surface area contributed by atoms with Gasteiger partial charge < -0.3 is 15.3 Å². The zero-order valence-corrected chi connectivity index (χ0v) is 15.0. The van der Waals surface area contributed by atoms with Gasteiger partial charge in [0.2, 0.25) is 0 Å². The van der Waals surface area contributed by atoms with Gasteiger partial charge in [-0.15, -0.1) is 0 Å². The monoisotopic (exact) mass is 338 g/mol. The zero-order chi connectivity index (χ0) is 17.8. The number of aliphatic hydroxyl groups excluding tert-OH is 2. The summed E-state index contributed by atoms with van der Waals surface area (Å²) in [6.45, 7) is 2.10. The summed E-state index contributed by atoms with van der Waals surface area (Å²) in [5.41, 5.74) is -0.901. The summed E-state index contributed by atoms with van der Waals surface area (Å²) in [4.78, 5) is 12.1. The number of rotatable bonds is 12. The summed E-state index contributed by atoms with van der Waals surface area (Å²) in [6.07, 6.45) is 15.4. The van der Waals surface area contributed by atoms with Gasteiger partial charge in [0.1, 0.15) is 0 Å². The molecule has 0 unspecified atom stereocenters. The Bertz CT molecular complexity index is 410. The molecule has 2 atom stereocenters. The lowest BCUT2D eigenvalue weighted by atomic mass is 9.70. The molecular formula is C20H34O4. The Morgan fingerprint density at radius 1 is 1.25 bits per heavy atom. The molecule has 0 aromatic heterocycles. The Morgan fingerprint density at radius 2 is 1.96 bits per heavy atom. The summed E-state index contributed by atoms with van der Waals surface area (Å²) in [6, 6.07) is 0. The van der Waals surface area contributed by atoms with Crippen molar-refractivity contribution in [3.05, 3.63) is 24.3 Å². The van der Waals surface area contributed by atoms with Crippen LogP contribution in [0, 0.1) is 11.3 Å². The Balaban J connectivity index is 2.84. The SMILES string of the molecule is CCCCC[C@@H](O)/C=C\[C@@](CC/C=C/CO)(C(=O)O)C1CCCC1. The van der Waals surface area contributed by atoms with Crippen LogP contribution in [0.4, 0.5) is 0 Å². The van der Waals surface area contributed by atoms with E-state index in [-0.39, 0.29) is 12.5 Å². The van der Waals surface area contributed by atoms with Crippen molar-refractivity contribution in [2.45, 2.75) is 77.2 Å². The maximum Gasteiger partial charge on any atom is 0.313 e. The van der Waals surface area contributed by atoms with Gasteiger partial charge in [0.25, 0.3) is 0 Å². The first-order valence-electron chi connectivity index (χ1n) is 9.43. The minimum atomic E-state index is -0.901. The molecule has 0 aliphatic heterocycles. The van der Waals surface area contributed by atoms with Crippen LogP contribution in [0.3, 0.4) is 0 Å². The summed E-state index contributed by atoms with van der Waals surface area (Å²) < 4.78 is 0. The maximum absolute atomic E-state index is 12.1. The fourth-order valence-electron chi connectivity index (χ4n) is 3.71. The fourth-order valence-corrected chi connectivity index (χ4v) is 3.71. The molecule has 0 aromatic rings. The highest BCUT2D eigenvalue weighted by atomic mass is 16.4. The number of unbranched alkanes of at least 4 members (excludes halogenated alkanes) is 2. The second-order valence-corrected chi connectivity index (χ2v) is 6.94. The maximum atomic E-state index is 12.1. The smallest absolute Gasteiger partial charge is 0.313 e. The van der Waals surface area contributed by atoms with Crippen molar-refractivity contribution in [2.24, 2.45) is 11.3 Å². The number of carboxylic acid groups (broad SMARTS) is 1. The van der Waals surface area contributed by atoms with E-state index in [1.807, 2.05) is 6.08 Å². The molecule has 1 aliphatic rings. The summed E-state index contributed by atoms with van der Waals surface area (Å²) in [5, 5.41) is 29.0. The molecule has 4 nitrogen and oxygen atoms in total. The highest BCUT2D eigenvalue weighted by Crippen LogP contribution is 2.45. The molecule has 138 valence electrons. The predicted molar refractivity (Wildman–Crippen MR) is 96.8 cm³/mol. The molecule has 0 spiro atoms. The second kappa shape index (κ2) is 11.4.